The number of nitrogens with zero attached hydrogens (tertiary/aromatic N) is 4. The van der Waals surface area contributed by atoms with Gasteiger partial charge in [0.15, 0.2) is 0 Å². The lowest BCUT2D eigenvalue weighted by molar-refractivity contribution is -0.111. The highest BCUT2D eigenvalue weighted by Gasteiger charge is 2.45. The van der Waals surface area contributed by atoms with Gasteiger partial charge in [-0.1, -0.05) is 36.9 Å². The highest BCUT2D eigenvalue weighted by Crippen LogP contribution is 2.41. The van der Waals surface area contributed by atoms with Crippen LogP contribution >= 0.6 is 0 Å². The third kappa shape index (κ3) is 6.09. The molecule has 1 aliphatic rings. The smallest absolute Gasteiger partial charge is 0.319 e. The summed E-state index contributed by atoms with van der Waals surface area (Å²) in [5.74, 6) is -0.00230. The Morgan fingerprint density at radius 1 is 1.15 bits per heavy atom. The molecule has 11 nitrogen and oxygen atoms in total. The summed E-state index contributed by atoms with van der Waals surface area (Å²) in [6.45, 7) is 8.23. The van der Waals surface area contributed by atoms with E-state index in [0.717, 1.165) is 17.2 Å². The van der Waals surface area contributed by atoms with Crippen molar-refractivity contribution in [1.82, 2.24) is 24.9 Å². The van der Waals surface area contributed by atoms with Crippen molar-refractivity contribution < 1.29 is 19.1 Å². The van der Waals surface area contributed by atoms with Gasteiger partial charge in [-0.15, -0.1) is 0 Å². The molecule has 0 spiro atoms. The number of aromatic nitrogens is 2. The fourth-order valence-corrected chi connectivity index (χ4v) is 5.01. The SMILES string of the molecule is C=CC(=O)Nc1ccc(C(=O)Nc2c3c(nn2C)C(C)(C)N(C(=O)NC(CN(C)C)c2ccccc2)C3)c(OC)c1. The van der Waals surface area contributed by atoms with E-state index in [-0.39, 0.29) is 35.8 Å². The standard InChI is InChI=1S/C30H37N7O4/c1-8-25(38)31-20-14-15-21(24(16-20)41-7)28(39)33-27-22-17-37(30(2,3)26(22)34-36(27)6)29(40)32-23(18-35(4)5)19-12-10-9-11-13-19/h8-16,23H,1,17-18H2,2-7H3,(H,31,38)(H,32,40)(H,33,39). The second-order valence-corrected chi connectivity index (χ2v) is 10.7. The number of rotatable bonds is 9. The minimum atomic E-state index is -0.720. The van der Waals surface area contributed by atoms with E-state index < -0.39 is 11.4 Å². The van der Waals surface area contributed by atoms with Gasteiger partial charge in [0.2, 0.25) is 5.91 Å². The molecule has 0 saturated carbocycles. The van der Waals surface area contributed by atoms with E-state index in [1.54, 1.807) is 34.8 Å². The predicted molar refractivity (Wildman–Crippen MR) is 158 cm³/mol. The Labute approximate surface area is 240 Å². The van der Waals surface area contributed by atoms with E-state index in [1.165, 1.54) is 7.11 Å². The van der Waals surface area contributed by atoms with Gasteiger partial charge in [-0.05, 0) is 51.7 Å². The van der Waals surface area contributed by atoms with E-state index in [2.05, 4.69) is 22.5 Å². The summed E-state index contributed by atoms with van der Waals surface area (Å²) in [6.07, 6.45) is 1.16. The number of nitrogens with one attached hydrogen (secondary N) is 3. The highest BCUT2D eigenvalue weighted by molar-refractivity contribution is 6.07. The number of likely N-dealkylation sites (N-methyl/N-ethyl adjacent to an activating group) is 1. The van der Waals surface area contributed by atoms with Crippen LogP contribution in [-0.2, 0) is 23.9 Å². The minimum absolute atomic E-state index is 0.209. The van der Waals surface area contributed by atoms with Gasteiger partial charge < -0.3 is 30.5 Å². The number of anilines is 2. The van der Waals surface area contributed by atoms with Gasteiger partial charge in [-0.3, -0.25) is 14.3 Å². The lowest BCUT2D eigenvalue weighted by atomic mass is 10.0. The number of amides is 4. The zero-order valence-corrected chi connectivity index (χ0v) is 24.3. The largest absolute Gasteiger partial charge is 0.496 e. The molecule has 3 N–H and O–H groups in total. The van der Waals surface area contributed by atoms with Crippen molar-refractivity contribution in [2.45, 2.75) is 32.0 Å². The third-order valence-electron chi connectivity index (χ3n) is 7.14. The average Bonchev–Trinajstić information content (AvgIpc) is 3.39. The van der Waals surface area contributed by atoms with Crippen LogP contribution in [0.15, 0.2) is 61.2 Å². The zero-order valence-electron chi connectivity index (χ0n) is 24.3. The van der Waals surface area contributed by atoms with Gasteiger partial charge >= 0.3 is 6.03 Å². The zero-order chi connectivity index (χ0) is 29.9. The Morgan fingerprint density at radius 3 is 2.49 bits per heavy atom. The summed E-state index contributed by atoms with van der Waals surface area (Å²) >= 11 is 0. The van der Waals surface area contributed by atoms with Crippen molar-refractivity contribution in [3.8, 4) is 5.75 Å². The molecule has 216 valence electrons. The van der Waals surface area contributed by atoms with Crippen molar-refractivity contribution in [3.63, 3.8) is 0 Å². The Kier molecular flexibility index (Phi) is 8.48. The number of hydrogen-bond acceptors (Lipinski definition) is 6. The van der Waals surface area contributed by atoms with Gasteiger partial charge in [-0.25, -0.2) is 4.79 Å². The molecule has 1 aliphatic heterocycles. The molecule has 3 aromatic rings. The molecule has 1 unspecified atom stereocenters. The molecular weight excluding hydrogens is 522 g/mol. The Balaban J connectivity index is 1.56. The number of carbonyl (C=O) groups excluding carboxylic acids is 3. The number of benzene rings is 2. The van der Waals surface area contributed by atoms with E-state index in [0.29, 0.717) is 23.7 Å². The maximum Gasteiger partial charge on any atom is 0.319 e. The number of ether oxygens (including phenoxy) is 1. The quantitative estimate of drug-likeness (QED) is 0.343. The lowest BCUT2D eigenvalue weighted by Crippen LogP contribution is -2.48. The van der Waals surface area contributed by atoms with Crippen molar-refractivity contribution in [1.29, 1.82) is 0 Å². The Bertz CT molecular complexity index is 1460. The van der Waals surface area contributed by atoms with Gasteiger partial charge in [0.25, 0.3) is 5.91 Å². The molecule has 1 atom stereocenters. The van der Waals surface area contributed by atoms with E-state index in [4.69, 9.17) is 9.84 Å². The molecular formula is C30H37N7O4. The summed E-state index contributed by atoms with van der Waals surface area (Å²) in [4.78, 5) is 42.5. The third-order valence-corrected chi connectivity index (χ3v) is 7.14. The second kappa shape index (κ2) is 11.8. The maximum atomic E-state index is 13.7. The summed E-state index contributed by atoms with van der Waals surface area (Å²) < 4.78 is 7.04. The molecule has 2 aromatic carbocycles. The van der Waals surface area contributed by atoms with Crippen LogP contribution in [0.1, 0.15) is 47.1 Å². The summed E-state index contributed by atoms with van der Waals surface area (Å²) in [7, 11) is 7.14. The fraction of sp³-hybridized carbons (Fsp3) is 0.333. The van der Waals surface area contributed by atoms with Gasteiger partial charge in [0.1, 0.15) is 11.6 Å². The molecule has 0 saturated heterocycles. The lowest BCUT2D eigenvalue weighted by Gasteiger charge is -2.34. The molecule has 0 radical (unpaired) electrons. The molecule has 1 aromatic heterocycles. The first-order valence-electron chi connectivity index (χ1n) is 13.2. The maximum absolute atomic E-state index is 13.7. The summed E-state index contributed by atoms with van der Waals surface area (Å²) in [6, 6.07) is 14.2. The summed E-state index contributed by atoms with van der Waals surface area (Å²) in [5.41, 5.74) is 2.52. The number of methoxy groups -OCH3 is 1. The van der Waals surface area contributed by atoms with Crippen LogP contribution in [0.4, 0.5) is 16.3 Å². The predicted octanol–water partition coefficient (Wildman–Crippen LogP) is 3.87. The van der Waals surface area contributed by atoms with Crippen molar-refractivity contribution >= 4 is 29.4 Å². The first-order chi connectivity index (χ1) is 19.5. The first kappa shape index (κ1) is 29.3. The van der Waals surface area contributed by atoms with Crippen LogP contribution in [-0.4, -0.2) is 65.2 Å². The topological polar surface area (TPSA) is 121 Å². The van der Waals surface area contributed by atoms with E-state index >= 15 is 0 Å². The molecule has 11 heteroatoms. The number of urea groups is 1. The van der Waals surface area contributed by atoms with Crippen LogP contribution in [0.25, 0.3) is 0 Å². The Hall–Kier alpha value is -4.64. The highest BCUT2D eigenvalue weighted by atomic mass is 16.5. The molecule has 41 heavy (non-hydrogen) atoms. The van der Waals surface area contributed by atoms with Crippen LogP contribution in [0.5, 0.6) is 5.75 Å². The van der Waals surface area contributed by atoms with Crippen LogP contribution < -0.4 is 20.7 Å². The van der Waals surface area contributed by atoms with Crippen molar-refractivity contribution in [2.24, 2.45) is 7.05 Å². The number of carbonyl (C=O) groups is 3. The fourth-order valence-electron chi connectivity index (χ4n) is 5.01. The molecule has 4 rings (SSSR count). The molecule has 4 amide bonds. The molecule has 0 aliphatic carbocycles. The molecule has 0 bridgehead atoms. The number of hydrogen-bond donors (Lipinski definition) is 3. The van der Waals surface area contributed by atoms with Gasteiger partial charge in [0, 0.05) is 30.9 Å². The average molecular weight is 560 g/mol. The van der Waals surface area contributed by atoms with Crippen LogP contribution in [0.2, 0.25) is 0 Å². The minimum Gasteiger partial charge on any atom is -0.496 e. The molecule has 2 heterocycles. The van der Waals surface area contributed by atoms with Gasteiger partial charge in [0.05, 0.1) is 36.5 Å². The monoisotopic (exact) mass is 559 g/mol. The molecule has 0 fully saturated rings. The Morgan fingerprint density at radius 2 is 1.85 bits per heavy atom. The number of fused-ring (bicyclic) bond motifs is 1. The first-order valence-corrected chi connectivity index (χ1v) is 13.2. The summed E-state index contributed by atoms with van der Waals surface area (Å²) in [5, 5.41) is 13.5. The second-order valence-electron chi connectivity index (χ2n) is 10.7. The van der Waals surface area contributed by atoms with E-state index in [1.807, 2.05) is 63.2 Å². The van der Waals surface area contributed by atoms with E-state index in [9.17, 15) is 14.4 Å². The van der Waals surface area contributed by atoms with Gasteiger partial charge in [-0.2, -0.15) is 5.10 Å². The van der Waals surface area contributed by atoms with Crippen LogP contribution in [0, 0.1) is 0 Å². The normalized spacial score (nSPS) is 14.3. The van der Waals surface area contributed by atoms with Crippen LogP contribution in [0.3, 0.4) is 0 Å². The van der Waals surface area contributed by atoms with Crippen molar-refractivity contribution in [3.05, 3.63) is 83.6 Å². The number of aryl methyl sites for hydroxylation is 1. The van der Waals surface area contributed by atoms with Crippen molar-refractivity contribution in [2.75, 3.05) is 38.4 Å².